The van der Waals surface area contributed by atoms with Gasteiger partial charge in [-0.2, -0.15) is 0 Å². The minimum atomic E-state index is -4.13. The summed E-state index contributed by atoms with van der Waals surface area (Å²) in [5.41, 5.74) is 0.796. The Balaban J connectivity index is 0.00000361. The van der Waals surface area contributed by atoms with Crippen molar-refractivity contribution < 1.29 is 55.2 Å². The standard InChI is InChI=1S/C15H25O3P.Nd/c1-2-3-4-5-6-7-8-11-14-12-9-10-13-15(14)19(16,17)18;/h9-10,12-13H,2-8,11H2,1H3,(H2,16,17,18);. The molecule has 0 radical (unpaired) electrons. The van der Waals surface area contributed by atoms with E-state index in [0.717, 1.165) is 24.8 Å². The summed E-state index contributed by atoms with van der Waals surface area (Å²) in [5.74, 6) is 0. The Kier molecular flexibility index (Phi) is 11.7. The smallest absolute Gasteiger partial charge is 0.321 e. The van der Waals surface area contributed by atoms with Crippen molar-refractivity contribution in [3.05, 3.63) is 29.8 Å². The van der Waals surface area contributed by atoms with Crippen LogP contribution in [0.5, 0.6) is 0 Å². The fourth-order valence-electron chi connectivity index (χ4n) is 2.28. The number of benzene rings is 1. The van der Waals surface area contributed by atoms with Gasteiger partial charge in [0.25, 0.3) is 0 Å². The van der Waals surface area contributed by atoms with Gasteiger partial charge in [-0.05, 0) is 24.5 Å². The predicted octanol–water partition coefficient (Wildman–Crippen LogP) is 3.78. The van der Waals surface area contributed by atoms with Gasteiger partial charge in [-0.15, -0.1) is 0 Å². The van der Waals surface area contributed by atoms with Crippen LogP contribution in [0.15, 0.2) is 24.3 Å². The Hall–Kier alpha value is 0.721. The van der Waals surface area contributed by atoms with E-state index < -0.39 is 7.60 Å². The summed E-state index contributed by atoms with van der Waals surface area (Å²) in [7, 11) is -4.13. The van der Waals surface area contributed by atoms with E-state index in [4.69, 9.17) is 0 Å². The molecule has 3 nitrogen and oxygen atoms in total. The second kappa shape index (κ2) is 11.3. The van der Waals surface area contributed by atoms with E-state index in [2.05, 4.69) is 6.92 Å². The van der Waals surface area contributed by atoms with Crippen molar-refractivity contribution >= 4 is 12.9 Å². The first-order valence-electron chi connectivity index (χ1n) is 7.19. The zero-order valence-corrected chi connectivity index (χ0v) is 16.3. The molecule has 0 atom stereocenters. The van der Waals surface area contributed by atoms with Crippen LogP contribution >= 0.6 is 7.60 Å². The maximum atomic E-state index is 11.4. The van der Waals surface area contributed by atoms with Crippen LogP contribution in [-0.4, -0.2) is 9.79 Å². The fourth-order valence-corrected chi connectivity index (χ4v) is 3.12. The molecule has 1 aromatic carbocycles. The molecule has 0 bridgehead atoms. The molecule has 0 saturated carbocycles. The van der Waals surface area contributed by atoms with Crippen LogP contribution in [0.1, 0.15) is 57.4 Å². The first-order valence-corrected chi connectivity index (χ1v) is 8.81. The van der Waals surface area contributed by atoms with Crippen LogP contribution in [-0.2, 0) is 11.0 Å². The number of aryl methyl sites for hydroxylation is 1. The Labute approximate surface area is 155 Å². The third-order valence-corrected chi connectivity index (χ3v) is 4.42. The molecule has 1 rings (SSSR count). The molecule has 20 heavy (non-hydrogen) atoms. The Morgan fingerprint density at radius 1 is 0.950 bits per heavy atom. The predicted molar refractivity (Wildman–Crippen MR) is 79.8 cm³/mol. The van der Waals surface area contributed by atoms with Gasteiger partial charge in [-0.25, -0.2) is 0 Å². The molecule has 5 heteroatoms. The van der Waals surface area contributed by atoms with Crippen molar-refractivity contribution in [2.45, 2.75) is 58.3 Å². The summed E-state index contributed by atoms with van der Waals surface area (Å²) >= 11 is 0. The number of hydrogen-bond acceptors (Lipinski definition) is 1. The summed E-state index contributed by atoms with van der Waals surface area (Å²) in [6.45, 7) is 2.21. The van der Waals surface area contributed by atoms with E-state index in [1.54, 1.807) is 6.07 Å². The van der Waals surface area contributed by atoms with Crippen LogP contribution in [0.2, 0.25) is 0 Å². The molecule has 0 spiro atoms. The largest absolute Gasteiger partial charge is 0.356 e. The van der Waals surface area contributed by atoms with Crippen molar-refractivity contribution in [3.63, 3.8) is 0 Å². The van der Waals surface area contributed by atoms with Gasteiger partial charge in [0, 0.05) is 40.8 Å². The maximum absolute atomic E-state index is 11.4. The number of rotatable bonds is 9. The molecular formula is C15H25NdO3P. The van der Waals surface area contributed by atoms with E-state index in [1.165, 1.54) is 38.2 Å². The van der Waals surface area contributed by atoms with Crippen molar-refractivity contribution in [2.24, 2.45) is 0 Å². The molecule has 0 amide bonds. The maximum Gasteiger partial charge on any atom is 0.356 e. The minimum Gasteiger partial charge on any atom is -0.321 e. The molecule has 0 aliphatic rings. The Bertz CT molecular complexity index is 417. The van der Waals surface area contributed by atoms with Gasteiger partial charge in [-0.3, -0.25) is 4.57 Å². The fraction of sp³-hybridized carbons (Fsp3) is 0.600. The molecule has 2 N–H and O–H groups in total. The van der Waals surface area contributed by atoms with Gasteiger partial charge in [-0.1, -0.05) is 63.6 Å². The molecule has 0 saturated heterocycles. The van der Waals surface area contributed by atoms with E-state index >= 15 is 0 Å². The van der Waals surface area contributed by atoms with Crippen molar-refractivity contribution in [1.82, 2.24) is 0 Å². The van der Waals surface area contributed by atoms with E-state index in [0.29, 0.717) is 0 Å². The topological polar surface area (TPSA) is 57.5 Å². The molecule has 0 aliphatic heterocycles. The van der Waals surface area contributed by atoms with Crippen molar-refractivity contribution in [2.75, 3.05) is 0 Å². The SMILES string of the molecule is CCCCCCCCCc1ccccc1P(=O)(O)O.[Nd]. The molecule has 0 heterocycles. The number of unbranched alkanes of at least 4 members (excludes halogenated alkanes) is 6. The van der Waals surface area contributed by atoms with Crippen LogP contribution in [0.25, 0.3) is 0 Å². The van der Waals surface area contributed by atoms with Gasteiger partial charge >= 0.3 is 7.60 Å². The van der Waals surface area contributed by atoms with Crippen LogP contribution in [0.4, 0.5) is 0 Å². The van der Waals surface area contributed by atoms with Gasteiger partial charge < -0.3 is 9.79 Å². The summed E-state index contributed by atoms with van der Waals surface area (Å²) in [6, 6.07) is 6.89. The van der Waals surface area contributed by atoms with E-state index in [9.17, 15) is 14.4 Å². The molecule has 112 valence electrons. The first-order chi connectivity index (χ1) is 9.05. The molecular weight excluding hydrogens is 403 g/mol. The van der Waals surface area contributed by atoms with Gasteiger partial charge in [0.2, 0.25) is 0 Å². The average molecular weight is 429 g/mol. The third-order valence-electron chi connectivity index (χ3n) is 3.36. The summed E-state index contributed by atoms with van der Waals surface area (Å²) < 4.78 is 11.4. The zero-order valence-electron chi connectivity index (χ0n) is 12.2. The molecule has 0 unspecified atom stereocenters. The second-order valence-electron chi connectivity index (χ2n) is 5.04. The van der Waals surface area contributed by atoms with Gasteiger partial charge in [0.15, 0.2) is 0 Å². The van der Waals surface area contributed by atoms with Crippen LogP contribution in [0, 0.1) is 40.8 Å². The normalized spacial score (nSPS) is 11.2. The van der Waals surface area contributed by atoms with Gasteiger partial charge in [0.1, 0.15) is 0 Å². The van der Waals surface area contributed by atoms with Crippen LogP contribution < -0.4 is 5.30 Å². The minimum absolute atomic E-state index is 0. The zero-order chi connectivity index (χ0) is 14.1. The summed E-state index contributed by atoms with van der Waals surface area (Å²) in [6.07, 6.45) is 9.26. The second-order valence-corrected chi connectivity index (χ2v) is 6.61. The summed E-state index contributed by atoms with van der Waals surface area (Å²) in [5, 5.41) is 0.195. The van der Waals surface area contributed by atoms with Crippen LogP contribution in [0.3, 0.4) is 0 Å². The molecule has 1 aromatic rings. The van der Waals surface area contributed by atoms with Gasteiger partial charge in [0.05, 0.1) is 5.30 Å². The summed E-state index contributed by atoms with van der Waals surface area (Å²) in [4.78, 5) is 18.6. The van der Waals surface area contributed by atoms with Crippen molar-refractivity contribution in [3.8, 4) is 0 Å². The number of hydrogen-bond donors (Lipinski definition) is 2. The van der Waals surface area contributed by atoms with E-state index in [1.807, 2.05) is 12.1 Å². The first kappa shape index (κ1) is 20.7. The third kappa shape index (κ3) is 8.23. The molecule has 0 fully saturated rings. The Morgan fingerprint density at radius 2 is 1.50 bits per heavy atom. The monoisotopic (exact) mass is 426 g/mol. The average Bonchev–Trinajstić information content (AvgIpc) is 2.37. The quantitative estimate of drug-likeness (QED) is 0.465. The molecule has 0 aliphatic carbocycles. The Morgan fingerprint density at radius 3 is 2.10 bits per heavy atom. The van der Waals surface area contributed by atoms with Crippen molar-refractivity contribution in [1.29, 1.82) is 0 Å². The van der Waals surface area contributed by atoms with E-state index in [-0.39, 0.29) is 46.1 Å². The molecule has 0 aromatic heterocycles.